The van der Waals surface area contributed by atoms with Gasteiger partial charge in [-0.05, 0) is 19.1 Å². The fourth-order valence-electron chi connectivity index (χ4n) is 2.19. The maximum absolute atomic E-state index is 12.4. The van der Waals surface area contributed by atoms with Gasteiger partial charge in [-0.2, -0.15) is 5.26 Å². The number of nitrogens with one attached hydrogen (secondary N) is 1. The fourth-order valence-corrected chi connectivity index (χ4v) is 4.13. The zero-order chi connectivity index (χ0) is 13.3. The van der Waals surface area contributed by atoms with E-state index >= 15 is 0 Å². The molecule has 0 aliphatic carbocycles. The van der Waals surface area contributed by atoms with Crippen LogP contribution in [0.15, 0.2) is 23.1 Å². The molecule has 1 aliphatic rings. The normalized spacial score (nSPS) is 24.5. The zero-order valence-corrected chi connectivity index (χ0v) is 11.0. The summed E-state index contributed by atoms with van der Waals surface area (Å²) >= 11 is 0. The van der Waals surface area contributed by atoms with Crippen molar-refractivity contribution < 1.29 is 13.2 Å². The van der Waals surface area contributed by atoms with Gasteiger partial charge in [0.1, 0.15) is 5.75 Å². The molecule has 0 radical (unpaired) electrons. The van der Waals surface area contributed by atoms with Crippen molar-refractivity contribution in [2.75, 3.05) is 12.4 Å². The predicted molar refractivity (Wildman–Crippen MR) is 67.3 cm³/mol. The van der Waals surface area contributed by atoms with Gasteiger partial charge in [0.05, 0.1) is 35.4 Å². The lowest BCUT2D eigenvalue weighted by Gasteiger charge is -2.31. The Morgan fingerprint density at radius 3 is 2.83 bits per heavy atom. The van der Waals surface area contributed by atoms with E-state index in [1.54, 1.807) is 19.1 Å². The molecule has 0 amide bonds. The number of para-hydroxylation sites is 1. The molecule has 18 heavy (non-hydrogen) atoms. The van der Waals surface area contributed by atoms with Crippen LogP contribution < -0.4 is 10.1 Å². The van der Waals surface area contributed by atoms with Crippen LogP contribution in [0.4, 0.5) is 5.69 Å². The Morgan fingerprint density at radius 2 is 2.22 bits per heavy atom. The number of sulfone groups is 1. The molecule has 1 heterocycles. The average molecular weight is 266 g/mol. The van der Waals surface area contributed by atoms with Crippen molar-refractivity contribution in [1.29, 1.82) is 5.26 Å². The number of nitrogens with zero attached hydrogens (tertiary/aromatic N) is 1. The Hall–Kier alpha value is -1.74. The Bertz CT molecular complexity index is 604. The molecule has 2 atom stereocenters. The van der Waals surface area contributed by atoms with Crippen LogP contribution in [0.1, 0.15) is 13.3 Å². The first-order valence-electron chi connectivity index (χ1n) is 5.56. The van der Waals surface area contributed by atoms with Gasteiger partial charge in [0, 0.05) is 6.04 Å². The molecule has 0 fully saturated rings. The minimum atomic E-state index is -3.49. The van der Waals surface area contributed by atoms with Gasteiger partial charge in [-0.3, -0.25) is 0 Å². The van der Waals surface area contributed by atoms with Crippen LogP contribution in [0.3, 0.4) is 0 Å². The van der Waals surface area contributed by atoms with Gasteiger partial charge in [-0.25, -0.2) is 8.42 Å². The van der Waals surface area contributed by atoms with Gasteiger partial charge in [0.25, 0.3) is 0 Å². The summed E-state index contributed by atoms with van der Waals surface area (Å²) in [4.78, 5) is 0.209. The molecule has 0 saturated heterocycles. The largest absolute Gasteiger partial charge is 0.495 e. The number of rotatable bonds is 2. The topological polar surface area (TPSA) is 79.2 Å². The molecule has 0 saturated carbocycles. The number of hydrogen-bond donors (Lipinski definition) is 1. The lowest BCUT2D eigenvalue weighted by molar-refractivity contribution is 0.414. The summed E-state index contributed by atoms with van der Waals surface area (Å²) in [6, 6.07) is 6.49. The van der Waals surface area contributed by atoms with E-state index in [4.69, 9.17) is 10.00 Å². The fraction of sp³-hybridized carbons (Fsp3) is 0.417. The first-order valence-corrected chi connectivity index (χ1v) is 7.11. The zero-order valence-electron chi connectivity index (χ0n) is 10.2. The molecule has 5 nitrogen and oxygen atoms in total. The first kappa shape index (κ1) is 12.7. The molecule has 2 unspecified atom stereocenters. The average Bonchev–Trinajstić information content (AvgIpc) is 2.34. The highest BCUT2D eigenvalue weighted by Gasteiger charge is 2.39. The van der Waals surface area contributed by atoms with Crippen LogP contribution in [0, 0.1) is 11.3 Å². The molecule has 2 rings (SSSR count). The smallest absolute Gasteiger partial charge is 0.186 e. The van der Waals surface area contributed by atoms with E-state index in [0.29, 0.717) is 11.4 Å². The summed E-state index contributed by atoms with van der Waals surface area (Å²) < 4.78 is 30.0. The Balaban J connectivity index is 2.62. The minimum absolute atomic E-state index is 0.0207. The van der Waals surface area contributed by atoms with E-state index in [1.807, 2.05) is 6.07 Å². The molecule has 0 spiro atoms. The van der Waals surface area contributed by atoms with Crippen molar-refractivity contribution in [3.8, 4) is 11.8 Å². The van der Waals surface area contributed by atoms with Crippen LogP contribution in [-0.2, 0) is 9.84 Å². The van der Waals surface area contributed by atoms with E-state index in [2.05, 4.69) is 5.32 Å². The van der Waals surface area contributed by atoms with Crippen molar-refractivity contribution in [2.45, 2.75) is 29.5 Å². The highest BCUT2D eigenvalue weighted by Crippen LogP contribution is 2.39. The number of methoxy groups -OCH3 is 1. The Labute approximate surface area is 106 Å². The third kappa shape index (κ3) is 1.81. The molecular formula is C12H14N2O3S. The summed E-state index contributed by atoms with van der Waals surface area (Å²) in [6.07, 6.45) is -0.0207. The molecule has 6 heteroatoms. The van der Waals surface area contributed by atoms with Crippen LogP contribution in [0.25, 0.3) is 0 Å². The second kappa shape index (κ2) is 4.50. The van der Waals surface area contributed by atoms with Gasteiger partial charge >= 0.3 is 0 Å². The molecule has 1 aromatic rings. The van der Waals surface area contributed by atoms with Crippen LogP contribution in [0.5, 0.6) is 5.75 Å². The molecule has 96 valence electrons. The summed E-state index contributed by atoms with van der Waals surface area (Å²) in [5, 5.41) is 11.1. The van der Waals surface area contributed by atoms with Gasteiger partial charge in [-0.15, -0.1) is 0 Å². The highest BCUT2D eigenvalue weighted by molar-refractivity contribution is 7.92. The lowest BCUT2D eigenvalue weighted by atomic mass is 10.1. The SMILES string of the molecule is COc1cccc2c1NC(C)C(CC#N)S2(=O)=O. The molecule has 0 aromatic heterocycles. The minimum Gasteiger partial charge on any atom is -0.495 e. The highest BCUT2D eigenvalue weighted by atomic mass is 32.2. The Kier molecular flexibility index (Phi) is 3.18. The molecule has 1 N–H and O–H groups in total. The molecule has 0 bridgehead atoms. The van der Waals surface area contributed by atoms with Gasteiger partial charge in [-0.1, -0.05) is 6.07 Å². The second-order valence-corrected chi connectivity index (χ2v) is 6.35. The molecular weight excluding hydrogens is 252 g/mol. The van der Waals surface area contributed by atoms with Crippen molar-refractivity contribution in [1.82, 2.24) is 0 Å². The van der Waals surface area contributed by atoms with E-state index in [-0.39, 0.29) is 17.4 Å². The van der Waals surface area contributed by atoms with Crippen molar-refractivity contribution >= 4 is 15.5 Å². The van der Waals surface area contributed by atoms with Crippen LogP contribution in [-0.4, -0.2) is 26.8 Å². The quantitative estimate of drug-likeness (QED) is 0.878. The number of nitriles is 1. The number of hydrogen-bond acceptors (Lipinski definition) is 5. The number of fused-ring (bicyclic) bond motifs is 1. The lowest BCUT2D eigenvalue weighted by Crippen LogP contribution is -2.41. The maximum Gasteiger partial charge on any atom is 0.186 e. The van der Waals surface area contributed by atoms with Crippen molar-refractivity contribution in [2.24, 2.45) is 0 Å². The number of ether oxygens (including phenoxy) is 1. The molecule has 1 aromatic carbocycles. The third-order valence-corrected chi connectivity index (χ3v) is 5.46. The number of benzene rings is 1. The Morgan fingerprint density at radius 1 is 1.50 bits per heavy atom. The maximum atomic E-state index is 12.4. The summed E-state index contributed by atoms with van der Waals surface area (Å²) in [5.74, 6) is 0.498. The van der Waals surface area contributed by atoms with Gasteiger partial charge < -0.3 is 10.1 Å². The van der Waals surface area contributed by atoms with Gasteiger partial charge in [0.2, 0.25) is 0 Å². The van der Waals surface area contributed by atoms with E-state index < -0.39 is 15.1 Å². The van der Waals surface area contributed by atoms with E-state index in [0.717, 1.165) is 0 Å². The second-order valence-electron chi connectivity index (χ2n) is 4.21. The standard InChI is InChI=1S/C12H14N2O3S/c1-8-10(6-7-13)18(15,16)11-5-3-4-9(17-2)12(11)14-8/h3-5,8,10,14H,6H2,1-2H3. The molecule has 1 aliphatic heterocycles. The van der Waals surface area contributed by atoms with E-state index in [1.165, 1.54) is 13.2 Å². The first-order chi connectivity index (χ1) is 8.52. The summed E-state index contributed by atoms with van der Waals surface area (Å²) in [5.41, 5.74) is 0.488. The van der Waals surface area contributed by atoms with Crippen molar-refractivity contribution in [3.63, 3.8) is 0 Å². The third-order valence-electron chi connectivity index (χ3n) is 3.14. The monoisotopic (exact) mass is 266 g/mol. The van der Waals surface area contributed by atoms with Gasteiger partial charge in [0.15, 0.2) is 9.84 Å². The van der Waals surface area contributed by atoms with E-state index in [9.17, 15) is 8.42 Å². The summed E-state index contributed by atoms with van der Waals surface area (Å²) in [6.45, 7) is 1.76. The van der Waals surface area contributed by atoms with Crippen LogP contribution in [0.2, 0.25) is 0 Å². The predicted octanol–water partition coefficient (Wildman–Crippen LogP) is 1.57. The number of anilines is 1. The van der Waals surface area contributed by atoms with Crippen molar-refractivity contribution in [3.05, 3.63) is 18.2 Å². The summed E-state index contributed by atoms with van der Waals surface area (Å²) in [7, 11) is -2.00. The van der Waals surface area contributed by atoms with Crippen LogP contribution >= 0.6 is 0 Å².